The van der Waals surface area contributed by atoms with E-state index in [1.54, 1.807) is 13.8 Å². The van der Waals surface area contributed by atoms with Gasteiger partial charge in [-0.05, 0) is 148 Å². The predicted octanol–water partition coefficient (Wildman–Crippen LogP) is -5.60. The quantitative estimate of drug-likeness (QED) is 0.0154. The second-order valence-electron chi connectivity index (χ2n) is 19.1. The minimum absolute atomic E-state index is 0.0633. The number of carbonyl (C=O) groups excluding carboxylic acids is 9. The Hall–Kier alpha value is -6.27. The number of nitrogens with one attached hydrogen (secondary N) is 9. The summed E-state index contributed by atoms with van der Waals surface area (Å²) >= 11 is 0. The molecule has 0 aliphatic heterocycles. The molecule has 0 unspecified atom stereocenters. The number of guanidine groups is 1. The number of nitrogens with zero attached hydrogens (tertiary/aromatic N) is 1. The number of carboxylic acids is 1. The standard InChI is InChI=1S/C48H94N18O11/c1-30(2)26-37(44(74)60-29-40(69)70)62-39(68)28-58-42(72)32(15-4-9-21-50)61-38(67)27-59-43(73)33(16-5-10-22-51)64-45(75)34(17-6-11-23-52)65-46(76)35(18-7-12-24-53)66-47(77)36(19-13-25-57-48(55)56)63-41(71)31(54)14-3-8-20-49/h30-37H,3-29,49-54H2,1-2H3,(H,58,72)(H,59,73)(H,60,74)(H,61,67)(H,62,68)(H,63,71)(H,64,75)(H,65,76)(H,66,77)(H,69,70)(H4,55,56,57)/t31-,32-,33-,34-,35-,36-,37-/m0/s1. The van der Waals surface area contributed by atoms with E-state index in [2.05, 4.69) is 52.8 Å². The van der Waals surface area contributed by atoms with Gasteiger partial charge in [0.05, 0.1) is 19.1 Å². The molecule has 0 aliphatic rings. The topological polar surface area (TPSA) is 520 Å². The molecule has 29 nitrogen and oxygen atoms in total. The maximum absolute atomic E-state index is 14.2. The second-order valence-corrected chi connectivity index (χ2v) is 19.1. The number of hydrogen-bond acceptors (Lipinski definition) is 17. The largest absolute Gasteiger partial charge is 0.480 e. The van der Waals surface area contributed by atoms with E-state index in [0.717, 1.165) is 0 Å². The monoisotopic (exact) mass is 1100 g/mol. The highest BCUT2D eigenvalue weighted by molar-refractivity contribution is 5.97. The van der Waals surface area contributed by atoms with Crippen LogP contribution in [0.1, 0.15) is 129 Å². The third kappa shape index (κ3) is 34.2. The lowest BCUT2D eigenvalue weighted by molar-refractivity contribution is -0.138. The third-order valence-electron chi connectivity index (χ3n) is 11.8. The number of nitrogens with two attached hydrogens (primary N) is 8. The first kappa shape index (κ1) is 70.7. The zero-order valence-electron chi connectivity index (χ0n) is 45.3. The molecule has 0 fully saturated rings. The van der Waals surface area contributed by atoms with Gasteiger partial charge in [0.25, 0.3) is 0 Å². The lowest BCUT2D eigenvalue weighted by atomic mass is 10.0. The van der Waals surface area contributed by atoms with Crippen LogP contribution in [0.15, 0.2) is 4.99 Å². The Bertz CT molecular complexity index is 1840. The van der Waals surface area contributed by atoms with Crippen LogP contribution in [0.3, 0.4) is 0 Å². The third-order valence-corrected chi connectivity index (χ3v) is 11.8. The summed E-state index contributed by atoms with van der Waals surface area (Å²) in [5, 5.41) is 32.0. The first-order valence-corrected chi connectivity index (χ1v) is 26.8. The molecule has 0 spiro atoms. The summed E-state index contributed by atoms with van der Waals surface area (Å²) < 4.78 is 0. The van der Waals surface area contributed by atoms with E-state index < -0.39 is 121 Å². The van der Waals surface area contributed by atoms with Crippen molar-refractivity contribution >= 4 is 65.1 Å². The van der Waals surface area contributed by atoms with Gasteiger partial charge in [-0.25, -0.2) is 0 Å². The molecule has 0 bridgehead atoms. The highest BCUT2D eigenvalue weighted by Crippen LogP contribution is 2.11. The number of carbonyl (C=O) groups is 10. The average Bonchev–Trinajstić information content (AvgIpc) is 3.37. The molecule has 77 heavy (non-hydrogen) atoms. The normalized spacial score (nSPS) is 13.7. The molecule has 0 rings (SSSR count). The fraction of sp³-hybridized carbons (Fsp3) is 0.771. The predicted molar refractivity (Wildman–Crippen MR) is 290 cm³/mol. The van der Waals surface area contributed by atoms with Crippen LogP contribution in [0.4, 0.5) is 0 Å². The van der Waals surface area contributed by atoms with E-state index in [9.17, 15) is 47.9 Å². The SMILES string of the molecule is CC(C)C[C@H](NC(=O)CNC(=O)[C@H](CCCCN)NC(=O)CNC(=O)[C@H](CCCCN)NC(=O)[C@H](CCCCN)NC(=O)[C@H](CCCCN)NC(=O)[C@H](CCCN=C(N)N)NC(=O)[C@@H](N)CCCCN)C(=O)NCC(=O)O. The molecular weight excluding hydrogens is 1000 g/mol. The fourth-order valence-corrected chi connectivity index (χ4v) is 7.61. The lowest BCUT2D eigenvalue weighted by Gasteiger charge is -2.27. The number of amides is 9. The highest BCUT2D eigenvalue weighted by atomic mass is 16.4. The number of aliphatic imine (C=N–C) groups is 1. The van der Waals surface area contributed by atoms with Crippen molar-refractivity contribution < 1.29 is 53.1 Å². The van der Waals surface area contributed by atoms with Crippen LogP contribution in [-0.4, -0.2) is 171 Å². The van der Waals surface area contributed by atoms with Gasteiger partial charge in [-0.2, -0.15) is 0 Å². The number of rotatable bonds is 45. The molecule has 442 valence electrons. The van der Waals surface area contributed by atoms with Crippen molar-refractivity contribution in [1.29, 1.82) is 0 Å². The molecule has 0 aromatic carbocycles. The van der Waals surface area contributed by atoms with E-state index in [4.69, 9.17) is 51.0 Å². The van der Waals surface area contributed by atoms with Gasteiger partial charge in [-0.15, -0.1) is 0 Å². The maximum atomic E-state index is 14.2. The molecule has 26 N–H and O–H groups in total. The summed E-state index contributed by atoms with van der Waals surface area (Å²) in [6.45, 7) is 3.42. The van der Waals surface area contributed by atoms with Crippen molar-refractivity contribution in [3.63, 3.8) is 0 Å². The van der Waals surface area contributed by atoms with E-state index in [1.807, 2.05) is 0 Å². The highest BCUT2D eigenvalue weighted by Gasteiger charge is 2.32. The number of carboxylic acid groups (broad SMARTS) is 1. The van der Waals surface area contributed by atoms with Crippen molar-refractivity contribution in [2.24, 2.45) is 56.8 Å². The number of unbranched alkanes of at least 4 members (excludes halogenated alkanes) is 5. The Kier molecular flexibility index (Phi) is 39.3. The van der Waals surface area contributed by atoms with Crippen molar-refractivity contribution in [3.8, 4) is 0 Å². The average molecular weight is 1100 g/mol. The Morgan fingerprint density at radius 2 is 0.714 bits per heavy atom. The molecule has 0 saturated carbocycles. The summed E-state index contributed by atoms with van der Waals surface area (Å²) in [7, 11) is 0. The second kappa shape index (κ2) is 42.8. The molecule has 0 heterocycles. The van der Waals surface area contributed by atoms with Crippen molar-refractivity contribution in [2.75, 3.05) is 58.9 Å². The van der Waals surface area contributed by atoms with Crippen molar-refractivity contribution in [3.05, 3.63) is 0 Å². The molecule has 0 radical (unpaired) electrons. The Morgan fingerprint density at radius 1 is 0.403 bits per heavy atom. The van der Waals surface area contributed by atoms with Crippen LogP contribution in [0, 0.1) is 5.92 Å². The minimum atomic E-state index is -1.27. The van der Waals surface area contributed by atoms with E-state index >= 15 is 0 Å². The van der Waals surface area contributed by atoms with Crippen LogP contribution in [-0.2, 0) is 47.9 Å². The zero-order chi connectivity index (χ0) is 58.1. The van der Waals surface area contributed by atoms with Gasteiger partial charge in [0.15, 0.2) is 5.96 Å². The van der Waals surface area contributed by atoms with Gasteiger partial charge in [0.1, 0.15) is 42.8 Å². The van der Waals surface area contributed by atoms with Crippen LogP contribution in [0.5, 0.6) is 0 Å². The van der Waals surface area contributed by atoms with Gasteiger partial charge in [0.2, 0.25) is 53.2 Å². The van der Waals surface area contributed by atoms with E-state index in [0.29, 0.717) is 90.3 Å². The van der Waals surface area contributed by atoms with Gasteiger partial charge in [-0.3, -0.25) is 52.9 Å². The summed E-state index contributed by atoms with van der Waals surface area (Å²) in [4.78, 5) is 136. The Morgan fingerprint density at radius 3 is 1.08 bits per heavy atom. The molecule has 0 aromatic rings. The van der Waals surface area contributed by atoms with Crippen LogP contribution in [0.25, 0.3) is 0 Å². The Balaban J connectivity index is 6.33. The molecule has 0 aliphatic carbocycles. The first-order valence-electron chi connectivity index (χ1n) is 26.8. The molecule has 7 atom stereocenters. The summed E-state index contributed by atoms with van der Waals surface area (Å²) in [5.74, 6) is -8.01. The van der Waals surface area contributed by atoms with Crippen molar-refractivity contribution in [2.45, 2.75) is 172 Å². The Labute approximate surface area is 452 Å². The smallest absolute Gasteiger partial charge is 0.322 e. The van der Waals surface area contributed by atoms with Gasteiger partial charge in [-0.1, -0.05) is 20.3 Å². The molecular formula is C48H94N18O11. The van der Waals surface area contributed by atoms with Gasteiger partial charge < -0.3 is 98.8 Å². The van der Waals surface area contributed by atoms with E-state index in [-0.39, 0.29) is 76.5 Å². The molecule has 0 saturated heterocycles. The fourth-order valence-electron chi connectivity index (χ4n) is 7.61. The molecule has 29 heteroatoms. The lowest BCUT2D eigenvalue weighted by Crippen LogP contribution is -2.59. The van der Waals surface area contributed by atoms with Crippen LogP contribution < -0.4 is 93.7 Å². The maximum Gasteiger partial charge on any atom is 0.322 e. The van der Waals surface area contributed by atoms with Gasteiger partial charge >= 0.3 is 5.97 Å². The summed E-state index contributed by atoms with van der Waals surface area (Å²) in [6.07, 6.45) is 5.97. The first-order chi connectivity index (χ1) is 36.6. The van der Waals surface area contributed by atoms with Crippen LogP contribution >= 0.6 is 0 Å². The number of aliphatic carboxylic acids is 1. The molecule has 0 aromatic heterocycles. The van der Waals surface area contributed by atoms with Crippen molar-refractivity contribution in [1.82, 2.24) is 47.9 Å². The zero-order valence-corrected chi connectivity index (χ0v) is 45.3. The van der Waals surface area contributed by atoms with E-state index in [1.165, 1.54) is 0 Å². The number of hydrogen-bond donors (Lipinski definition) is 18. The van der Waals surface area contributed by atoms with Gasteiger partial charge in [0, 0.05) is 6.54 Å². The van der Waals surface area contributed by atoms with Crippen LogP contribution in [0.2, 0.25) is 0 Å². The molecule has 9 amide bonds. The minimum Gasteiger partial charge on any atom is -0.480 e. The summed E-state index contributed by atoms with van der Waals surface area (Å²) in [6, 6.07) is -8.02. The summed E-state index contributed by atoms with van der Waals surface area (Å²) in [5.41, 5.74) is 45.6.